The van der Waals surface area contributed by atoms with Crippen molar-refractivity contribution in [3.05, 3.63) is 64.1 Å². The zero-order valence-electron chi connectivity index (χ0n) is 13.1. The molecule has 0 unspecified atom stereocenters. The summed E-state index contributed by atoms with van der Waals surface area (Å²) < 4.78 is 12.7. The minimum absolute atomic E-state index is 0.357. The molecule has 0 aliphatic carbocycles. The predicted octanol–water partition coefficient (Wildman–Crippen LogP) is 4.30. The molecule has 1 aliphatic rings. The second-order valence-electron chi connectivity index (χ2n) is 5.79. The molecular weight excluding hydrogens is 354 g/mol. The van der Waals surface area contributed by atoms with Crippen LogP contribution in [0.4, 0.5) is 0 Å². The molecule has 0 saturated carbocycles. The molecule has 2 aromatic rings. The van der Waals surface area contributed by atoms with Crippen molar-refractivity contribution >= 4 is 15.9 Å². The molecule has 1 saturated heterocycles. The van der Waals surface area contributed by atoms with Gasteiger partial charge in [-0.1, -0.05) is 46.3 Å². The molecule has 1 heterocycles. The quantitative estimate of drug-likeness (QED) is 0.782. The Hall–Kier alpha value is -1.36. The molecule has 3 nitrogen and oxygen atoms in total. The van der Waals surface area contributed by atoms with Crippen LogP contribution >= 0.6 is 15.9 Å². The van der Waals surface area contributed by atoms with Crippen molar-refractivity contribution < 1.29 is 9.47 Å². The lowest BCUT2D eigenvalue weighted by molar-refractivity contribution is 0.110. The largest absolute Gasteiger partial charge is 0.489 e. The lowest BCUT2D eigenvalue weighted by Gasteiger charge is -2.15. The number of nitrogens with one attached hydrogen (secondary N) is 1. The van der Waals surface area contributed by atoms with Crippen molar-refractivity contribution in [2.75, 3.05) is 13.2 Å². The van der Waals surface area contributed by atoms with Gasteiger partial charge in [-0.2, -0.15) is 0 Å². The third-order valence-electron chi connectivity index (χ3n) is 3.97. The van der Waals surface area contributed by atoms with Crippen LogP contribution in [-0.4, -0.2) is 19.3 Å². The zero-order valence-corrected chi connectivity index (χ0v) is 14.7. The van der Waals surface area contributed by atoms with Crippen LogP contribution in [0.1, 0.15) is 24.0 Å². The molecule has 1 fully saturated rings. The van der Waals surface area contributed by atoms with Crippen LogP contribution in [-0.2, 0) is 17.9 Å². The summed E-state index contributed by atoms with van der Waals surface area (Å²) in [6.45, 7) is 3.16. The number of halogens is 1. The fourth-order valence-electron chi connectivity index (χ4n) is 2.74. The normalized spacial score (nSPS) is 17.3. The van der Waals surface area contributed by atoms with Crippen LogP contribution in [0, 0.1) is 0 Å². The first-order valence-corrected chi connectivity index (χ1v) is 8.88. The van der Waals surface area contributed by atoms with Crippen LogP contribution in [0.3, 0.4) is 0 Å². The number of ether oxygens (including phenoxy) is 2. The van der Waals surface area contributed by atoms with Gasteiger partial charge in [-0.3, -0.25) is 0 Å². The first-order chi connectivity index (χ1) is 11.3. The van der Waals surface area contributed by atoms with Crippen LogP contribution in [0.25, 0.3) is 0 Å². The third kappa shape index (κ3) is 5.06. The van der Waals surface area contributed by atoms with E-state index in [4.69, 9.17) is 9.47 Å². The monoisotopic (exact) mass is 375 g/mol. The highest BCUT2D eigenvalue weighted by Gasteiger charge is 2.15. The van der Waals surface area contributed by atoms with Gasteiger partial charge >= 0.3 is 0 Å². The molecule has 0 amide bonds. The van der Waals surface area contributed by atoms with E-state index in [0.717, 1.165) is 41.9 Å². The lowest BCUT2D eigenvalue weighted by Crippen LogP contribution is -2.26. The highest BCUT2D eigenvalue weighted by Crippen LogP contribution is 2.24. The number of benzene rings is 2. The zero-order chi connectivity index (χ0) is 15.9. The average Bonchev–Trinajstić information content (AvgIpc) is 3.08. The second-order valence-corrected chi connectivity index (χ2v) is 6.71. The van der Waals surface area contributed by atoms with Crippen LogP contribution in [0.15, 0.2) is 53.0 Å². The summed E-state index contributed by atoms with van der Waals surface area (Å²) >= 11 is 3.54. The summed E-state index contributed by atoms with van der Waals surface area (Å²) in [7, 11) is 0. The topological polar surface area (TPSA) is 30.5 Å². The summed E-state index contributed by atoms with van der Waals surface area (Å²) in [6, 6.07) is 16.4. The van der Waals surface area contributed by atoms with Gasteiger partial charge in [0.15, 0.2) is 0 Å². The van der Waals surface area contributed by atoms with Gasteiger partial charge in [-0.15, -0.1) is 0 Å². The third-order valence-corrected chi connectivity index (χ3v) is 4.46. The number of hydrogen-bond acceptors (Lipinski definition) is 3. The Balaban J connectivity index is 1.58. The maximum atomic E-state index is 6.01. The van der Waals surface area contributed by atoms with Gasteiger partial charge in [0.05, 0.1) is 6.10 Å². The Morgan fingerprint density at radius 1 is 1.17 bits per heavy atom. The molecule has 23 heavy (non-hydrogen) atoms. The molecule has 2 aromatic carbocycles. The van der Waals surface area contributed by atoms with Gasteiger partial charge < -0.3 is 14.8 Å². The Morgan fingerprint density at radius 2 is 2.04 bits per heavy atom. The van der Waals surface area contributed by atoms with Crippen LogP contribution in [0.2, 0.25) is 0 Å². The average molecular weight is 376 g/mol. The molecule has 1 N–H and O–H groups in total. The van der Waals surface area contributed by atoms with Crippen molar-refractivity contribution in [2.24, 2.45) is 0 Å². The summed E-state index contributed by atoms with van der Waals surface area (Å²) in [5, 5.41) is 3.48. The van der Waals surface area contributed by atoms with E-state index in [1.807, 2.05) is 30.3 Å². The summed E-state index contributed by atoms with van der Waals surface area (Å²) in [4.78, 5) is 0. The number of hydrogen-bond donors (Lipinski definition) is 1. The molecule has 0 radical (unpaired) electrons. The molecule has 1 atom stereocenters. The van der Waals surface area contributed by atoms with E-state index in [0.29, 0.717) is 12.7 Å². The molecule has 0 spiro atoms. The van der Waals surface area contributed by atoms with E-state index >= 15 is 0 Å². The van der Waals surface area contributed by atoms with Crippen molar-refractivity contribution in [3.63, 3.8) is 0 Å². The Labute approximate surface area is 146 Å². The van der Waals surface area contributed by atoms with Gasteiger partial charge in [0.1, 0.15) is 12.4 Å². The molecule has 0 bridgehead atoms. The van der Waals surface area contributed by atoms with E-state index in [1.54, 1.807) is 0 Å². The smallest absolute Gasteiger partial charge is 0.124 e. The highest BCUT2D eigenvalue weighted by molar-refractivity contribution is 9.10. The molecule has 3 rings (SSSR count). The fraction of sp³-hybridized carbons (Fsp3) is 0.368. The van der Waals surface area contributed by atoms with Gasteiger partial charge in [-0.05, 0) is 36.6 Å². The van der Waals surface area contributed by atoms with Crippen LogP contribution < -0.4 is 10.1 Å². The van der Waals surface area contributed by atoms with E-state index in [2.05, 4.69) is 39.4 Å². The Morgan fingerprint density at radius 3 is 2.83 bits per heavy atom. The van der Waals surface area contributed by atoms with Gasteiger partial charge in [0, 0.05) is 29.7 Å². The van der Waals surface area contributed by atoms with Gasteiger partial charge in [0.2, 0.25) is 0 Å². The first kappa shape index (κ1) is 16.5. The SMILES string of the molecule is Brc1ccc(OCc2ccccc2)c(CNC[C@@H]2CCCO2)c1. The number of rotatable bonds is 7. The fourth-order valence-corrected chi connectivity index (χ4v) is 3.14. The molecule has 1 aliphatic heterocycles. The Bertz CT molecular complexity index is 612. The summed E-state index contributed by atoms with van der Waals surface area (Å²) in [5.74, 6) is 0.928. The van der Waals surface area contributed by atoms with Gasteiger partial charge in [-0.25, -0.2) is 0 Å². The predicted molar refractivity (Wildman–Crippen MR) is 95.6 cm³/mol. The molecule has 4 heteroatoms. The van der Waals surface area contributed by atoms with Gasteiger partial charge in [0.25, 0.3) is 0 Å². The maximum Gasteiger partial charge on any atom is 0.124 e. The minimum Gasteiger partial charge on any atom is -0.489 e. The van der Waals surface area contributed by atoms with E-state index in [9.17, 15) is 0 Å². The second kappa shape index (κ2) is 8.48. The van der Waals surface area contributed by atoms with E-state index in [-0.39, 0.29) is 0 Å². The molecule has 0 aromatic heterocycles. The van der Waals surface area contributed by atoms with E-state index < -0.39 is 0 Å². The summed E-state index contributed by atoms with van der Waals surface area (Å²) in [5.41, 5.74) is 2.34. The Kier molecular flexibility index (Phi) is 6.08. The van der Waals surface area contributed by atoms with Crippen molar-refractivity contribution in [2.45, 2.75) is 32.1 Å². The maximum absolute atomic E-state index is 6.01. The molecule has 122 valence electrons. The first-order valence-electron chi connectivity index (χ1n) is 8.09. The highest BCUT2D eigenvalue weighted by atomic mass is 79.9. The lowest BCUT2D eigenvalue weighted by atomic mass is 10.2. The summed E-state index contributed by atoms with van der Waals surface area (Å²) in [6.07, 6.45) is 2.69. The minimum atomic E-state index is 0.357. The van der Waals surface area contributed by atoms with Crippen LogP contribution in [0.5, 0.6) is 5.75 Å². The van der Waals surface area contributed by atoms with Crippen molar-refractivity contribution in [3.8, 4) is 5.75 Å². The molecular formula is C19H22BrNO2. The van der Waals surface area contributed by atoms with Crippen molar-refractivity contribution in [1.29, 1.82) is 0 Å². The van der Waals surface area contributed by atoms with Crippen molar-refractivity contribution in [1.82, 2.24) is 5.32 Å². The standard InChI is InChI=1S/C19H22BrNO2/c20-17-8-9-19(23-14-15-5-2-1-3-6-15)16(11-17)12-21-13-18-7-4-10-22-18/h1-3,5-6,8-9,11,18,21H,4,7,10,12-14H2/t18-/m0/s1. The van der Waals surface area contributed by atoms with E-state index in [1.165, 1.54) is 12.0 Å².